The summed E-state index contributed by atoms with van der Waals surface area (Å²) in [7, 11) is -3.16. The SMILES string of the molecule is CCNS(=O)(=O)N1CC2CCC1C2. The molecule has 0 radical (unpaired) electrons. The maximum absolute atomic E-state index is 11.6. The van der Waals surface area contributed by atoms with E-state index in [4.69, 9.17) is 0 Å². The fraction of sp³-hybridized carbons (Fsp3) is 1.00. The first kappa shape index (κ1) is 9.43. The largest absolute Gasteiger partial charge is 0.279 e. The summed E-state index contributed by atoms with van der Waals surface area (Å²) in [4.78, 5) is 0. The van der Waals surface area contributed by atoms with Gasteiger partial charge in [0.25, 0.3) is 10.2 Å². The van der Waals surface area contributed by atoms with Gasteiger partial charge in [0.1, 0.15) is 0 Å². The lowest BCUT2D eigenvalue weighted by Gasteiger charge is -2.25. The van der Waals surface area contributed by atoms with E-state index in [9.17, 15) is 8.42 Å². The van der Waals surface area contributed by atoms with E-state index < -0.39 is 10.2 Å². The predicted octanol–water partition coefficient (Wildman–Crippen LogP) is 0.325. The van der Waals surface area contributed by atoms with Gasteiger partial charge in [0.05, 0.1) is 0 Å². The van der Waals surface area contributed by atoms with Crippen LogP contribution in [-0.4, -0.2) is 31.9 Å². The molecule has 1 saturated carbocycles. The van der Waals surface area contributed by atoms with Crippen molar-refractivity contribution in [2.45, 2.75) is 32.2 Å². The second-order valence-corrected chi connectivity index (χ2v) is 5.61. The lowest BCUT2D eigenvalue weighted by Crippen LogP contribution is -2.44. The second kappa shape index (κ2) is 3.22. The molecular weight excluding hydrogens is 188 g/mol. The van der Waals surface area contributed by atoms with Gasteiger partial charge in [0.2, 0.25) is 0 Å². The minimum Gasteiger partial charge on any atom is -0.202 e. The molecule has 1 N–H and O–H groups in total. The molecule has 2 aliphatic rings. The number of piperidine rings is 1. The summed E-state index contributed by atoms with van der Waals surface area (Å²) >= 11 is 0. The zero-order chi connectivity index (χ0) is 9.47. The molecule has 2 bridgehead atoms. The van der Waals surface area contributed by atoms with E-state index in [0.717, 1.165) is 19.4 Å². The van der Waals surface area contributed by atoms with Crippen molar-refractivity contribution < 1.29 is 8.42 Å². The van der Waals surface area contributed by atoms with E-state index in [2.05, 4.69) is 4.72 Å². The molecule has 1 aliphatic carbocycles. The maximum Gasteiger partial charge on any atom is 0.279 e. The molecule has 2 unspecified atom stereocenters. The van der Waals surface area contributed by atoms with E-state index in [-0.39, 0.29) is 6.04 Å². The molecule has 2 fully saturated rings. The second-order valence-electron chi connectivity index (χ2n) is 3.91. The molecular formula is C8H16N2O2S. The Hall–Kier alpha value is -0.130. The quantitative estimate of drug-likeness (QED) is 0.720. The first-order valence-corrected chi connectivity index (χ1v) is 6.34. The molecule has 0 spiro atoms. The third kappa shape index (κ3) is 1.60. The Kier molecular flexibility index (Phi) is 2.33. The fourth-order valence-corrected chi connectivity index (χ4v) is 3.96. The smallest absolute Gasteiger partial charge is 0.202 e. The fourth-order valence-electron chi connectivity index (χ4n) is 2.44. The van der Waals surface area contributed by atoms with Crippen LogP contribution in [0.3, 0.4) is 0 Å². The normalized spacial score (nSPS) is 34.2. The zero-order valence-corrected chi connectivity index (χ0v) is 8.68. The third-order valence-electron chi connectivity index (χ3n) is 2.99. The molecule has 1 aliphatic heterocycles. The lowest BCUT2D eigenvalue weighted by molar-refractivity contribution is 0.329. The molecule has 13 heavy (non-hydrogen) atoms. The Morgan fingerprint density at radius 1 is 1.46 bits per heavy atom. The minimum atomic E-state index is -3.16. The van der Waals surface area contributed by atoms with Crippen molar-refractivity contribution in [3.63, 3.8) is 0 Å². The monoisotopic (exact) mass is 204 g/mol. The molecule has 1 heterocycles. The van der Waals surface area contributed by atoms with Gasteiger partial charge in [0, 0.05) is 19.1 Å². The lowest BCUT2D eigenvalue weighted by atomic mass is 10.1. The highest BCUT2D eigenvalue weighted by Gasteiger charge is 2.43. The van der Waals surface area contributed by atoms with Crippen LogP contribution in [0.5, 0.6) is 0 Å². The van der Waals surface area contributed by atoms with Crippen LogP contribution in [0.15, 0.2) is 0 Å². The van der Waals surface area contributed by atoms with Crippen molar-refractivity contribution in [1.82, 2.24) is 9.03 Å². The maximum atomic E-state index is 11.6. The summed E-state index contributed by atoms with van der Waals surface area (Å²) in [5, 5.41) is 0. The summed E-state index contributed by atoms with van der Waals surface area (Å²) in [6, 6.07) is 0.286. The van der Waals surface area contributed by atoms with Crippen molar-refractivity contribution >= 4 is 10.2 Å². The van der Waals surface area contributed by atoms with Crippen molar-refractivity contribution in [3.05, 3.63) is 0 Å². The number of fused-ring (bicyclic) bond motifs is 2. The van der Waals surface area contributed by atoms with Gasteiger partial charge >= 0.3 is 0 Å². The Labute approximate surface area is 79.5 Å². The van der Waals surface area contributed by atoms with E-state index in [0.29, 0.717) is 12.5 Å². The van der Waals surface area contributed by atoms with Crippen LogP contribution >= 0.6 is 0 Å². The van der Waals surface area contributed by atoms with E-state index in [1.165, 1.54) is 6.42 Å². The summed E-state index contributed by atoms with van der Waals surface area (Å²) in [6.07, 6.45) is 3.34. The number of nitrogens with zero attached hydrogens (tertiary/aromatic N) is 1. The van der Waals surface area contributed by atoms with Gasteiger partial charge in [-0.1, -0.05) is 6.92 Å². The molecule has 0 amide bonds. The number of nitrogens with one attached hydrogen (secondary N) is 1. The first-order chi connectivity index (χ1) is 6.13. The minimum absolute atomic E-state index is 0.286. The van der Waals surface area contributed by atoms with Gasteiger partial charge in [-0.2, -0.15) is 12.7 Å². The van der Waals surface area contributed by atoms with Gasteiger partial charge in [-0.3, -0.25) is 0 Å². The highest BCUT2D eigenvalue weighted by Crippen LogP contribution is 2.38. The van der Waals surface area contributed by atoms with Gasteiger partial charge < -0.3 is 0 Å². The highest BCUT2D eigenvalue weighted by molar-refractivity contribution is 7.87. The highest BCUT2D eigenvalue weighted by atomic mass is 32.2. The van der Waals surface area contributed by atoms with Crippen LogP contribution in [0, 0.1) is 5.92 Å². The third-order valence-corrected chi connectivity index (χ3v) is 4.71. The number of hydrogen-bond donors (Lipinski definition) is 1. The van der Waals surface area contributed by atoms with Crippen LogP contribution in [-0.2, 0) is 10.2 Å². The topological polar surface area (TPSA) is 49.4 Å². The average molecular weight is 204 g/mol. The molecule has 5 heteroatoms. The Balaban J connectivity index is 2.10. The standard InChI is InChI=1S/C8H16N2O2S/c1-2-9-13(11,12)10-6-7-3-4-8(10)5-7/h7-9H,2-6H2,1H3. The Morgan fingerprint density at radius 3 is 2.69 bits per heavy atom. The van der Waals surface area contributed by atoms with Crippen molar-refractivity contribution in [2.75, 3.05) is 13.1 Å². The Morgan fingerprint density at radius 2 is 2.23 bits per heavy atom. The molecule has 2 rings (SSSR count). The number of rotatable bonds is 3. The van der Waals surface area contributed by atoms with Crippen LogP contribution in [0.1, 0.15) is 26.2 Å². The molecule has 76 valence electrons. The van der Waals surface area contributed by atoms with Gasteiger partial charge in [-0.15, -0.1) is 0 Å². The summed E-state index contributed by atoms with van der Waals surface area (Å²) in [6.45, 7) is 3.03. The van der Waals surface area contributed by atoms with Crippen LogP contribution in [0.2, 0.25) is 0 Å². The zero-order valence-electron chi connectivity index (χ0n) is 7.86. The number of hydrogen-bond acceptors (Lipinski definition) is 2. The first-order valence-electron chi connectivity index (χ1n) is 4.90. The van der Waals surface area contributed by atoms with Crippen molar-refractivity contribution in [1.29, 1.82) is 0 Å². The summed E-state index contributed by atoms with van der Waals surface area (Å²) in [5.74, 6) is 0.624. The van der Waals surface area contributed by atoms with Crippen molar-refractivity contribution in [2.24, 2.45) is 5.92 Å². The van der Waals surface area contributed by atoms with Crippen LogP contribution in [0.25, 0.3) is 0 Å². The average Bonchev–Trinajstić information content (AvgIpc) is 2.63. The summed E-state index contributed by atoms with van der Waals surface area (Å²) in [5.41, 5.74) is 0. The van der Waals surface area contributed by atoms with Crippen LogP contribution < -0.4 is 4.72 Å². The Bertz CT molecular complexity index is 289. The molecule has 0 aromatic rings. The molecule has 0 aromatic heterocycles. The predicted molar refractivity (Wildman–Crippen MR) is 50.4 cm³/mol. The molecule has 2 atom stereocenters. The van der Waals surface area contributed by atoms with Crippen LogP contribution in [0.4, 0.5) is 0 Å². The van der Waals surface area contributed by atoms with E-state index in [1.807, 2.05) is 6.92 Å². The van der Waals surface area contributed by atoms with Gasteiger partial charge in [-0.25, -0.2) is 4.72 Å². The molecule has 1 saturated heterocycles. The van der Waals surface area contributed by atoms with Crippen molar-refractivity contribution in [3.8, 4) is 0 Å². The van der Waals surface area contributed by atoms with Gasteiger partial charge in [0.15, 0.2) is 0 Å². The summed E-state index contributed by atoms with van der Waals surface area (Å²) < 4.78 is 27.5. The van der Waals surface area contributed by atoms with Gasteiger partial charge in [-0.05, 0) is 25.2 Å². The van der Waals surface area contributed by atoms with E-state index >= 15 is 0 Å². The van der Waals surface area contributed by atoms with E-state index in [1.54, 1.807) is 4.31 Å². The molecule has 0 aromatic carbocycles. The molecule has 4 nitrogen and oxygen atoms in total.